The molecular weight excluding hydrogens is 154 g/mol. The third-order valence-electron chi connectivity index (χ3n) is 2.54. The topological polar surface area (TPSA) is 72.3 Å². The van der Waals surface area contributed by atoms with Crippen molar-refractivity contribution in [2.24, 2.45) is 17.4 Å². The average Bonchev–Trinajstić information content (AvgIpc) is 2.08. The van der Waals surface area contributed by atoms with E-state index < -0.39 is 0 Å². The van der Waals surface area contributed by atoms with Crippen LogP contribution in [-0.2, 0) is 4.79 Å². The van der Waals surface area contributed by atoms with Crippen LogP contribution in [0.5, 0.6) is 0 Å². The van der Waals surface area contributed by atoms with Gasteiger partial charge in [-0.1, -0.05) is 6.92 Å². The molecule has 1 aliphatic rings. The first-order valence-electron chi connectivity index (χ1n) is 4.38. The second kappa shape index (κ2) is 3.87. The summed E-state index contributed by atoms with van der Waals surface area (Å²) < 4.78 is 0. The molecule has 1 rings (SSSR count). The lowest BCUT2D eigenvalue weighted by Gasteiger charge is -2.34. The smallest absolute Gasteiger partial charge is 0.236 e. The maximum atomic E-state index is 11.2. The van der Waals surface area contributed by atoms with Crippen molar-refractivity contribution >= 4 is 5.91 Å². The van der Waals surface area contributed by atoms with Crippen molar-refractivity contribution in [3.8, 4) is 0 Å². The van der Waals surface area contributed by atoms with Gasteiger partial charge in [0.15, 0.2) is 0 Å². The lowest BCUT2D eigenvalue weighted by atomic mass is 9.94. The Morgan fingerprint density at radius 1 is 1.67 bits per heavy atom. The summed E-state index contributed by atoms with van der Waals surface area (Å²) in [6.07, 6.45) is 0.993. The number of hydrogen-bond acceptors (Lipinski definition) is 3. The van der Waals surface area contributed by atoms with Gasteiger partial charge in [-0.2, -0.15) is 0 Å². The van der Waals surface area contributed by atoms with Gasteiger partial charge in [-0.05, 0) is 12.3 Å². The number of likely N-dealkylation sites (tertiary alicyclic amines) is 1. The van der Waals surface area contributed by atoms with Crippen molar-refractivity contribution < 1.29 is 4.79 Å². The fraction of sp³-hybridized carbons (Fsp3) is 0.875. The molecule has 4 nitrogen and oxygen atoms in total. The van der Waals surface area contributed by atoms with E-state index in [-0.39, 0.29) is 18.5 Å². The van der Waals surface area contributed by atoms with E-state index in [9.17, 15) is 4.79 Å². The summed E-state index contributed by atoms with van der Waals surface area (Å²) in [6, 6.07) is 0.120. The van der Waals surface area contributed by atoms with Gasteiger partial charge in [-0.3, -0.25) is 4.79 Å². The Labute approximate surface area is 72.9 Å². The normalized spacial score (nSPS) is 30.4. The Hall–Kier alpha value is -0.610. The van der Waals surface area contributed by atoms with E-state index in [0.29, 0.717) is 12.5 Å². The van der Waals surface area contributed by atoms with Crippen LogP contribution in [0.3, 0.4) is 0 Å². The summed E-state index contributed by atoms with van der Waals surface area (Å²) in [4.78, 5) is 12.9. The lowest BCUT2D eigenvalue weighted by Crippen LogP contribution is -2.51. The molecule has 70 valence electrons. The number of piperidine rings is 1. The first kappa shape index (κ1) is 9.48. The predicted octanol–water partition coefficient (Wildman–Crippen LogP) is -0.859. The van der Waals surface area contributed by atoms with E-state index in [0.717, 1.165) is 13.0 Å². The van der Waals surface area contributed by atoms with Gasteiger partial charge in [-0.15, -0.1) is 0 Å². The molecule has 4 N–H and O–H groups in total. The minimum Gasteiger partial charge on any atom is -0.340 e. The number of rotatable bonds is 1. The highest BCUT2D eigenvalue weighted by Crippen LogP contribution is 2.14. The van der Waals surface area contributed by atoms with Crippen LogP contribution in [0.25, 0.3) is 0 Å². The molecule has 0 radical (unpaired) electrons. The Kier molecular flexibility index (Phi) is 3.05. The molecule has 0 aromatic carbocycles. The van der Waals surface area contributed by atoms with Crippen molar-refractivity contribution in [2.75, 3.05) is 19.6 Å². The molecule has 0 unspecified atom stereocenters. The van der Waals surface area contributed by atoms with Crippen LogP contribution in [0.15, 0.2) is 0 Å². The molecule has 1 fully saturated rings. The molecule has 12 heavy (non-hydrogen) atoms. The molecule has 0 aliphatic carbocycles. The average molecular weight is 171 g/mol. The second-order valence-electron chi connectivity index (χ2n) is 3.47. The van der Waals surface area contributed by atoms with Gasteiger partial charge in [0, 0.05) is 19.1 Å². The van der Waals surface area contributed by atoms with Crippen molar-refractivity contribution in [1.29, 1.82) is 0 Å². The molecule has 1 heterocycles. The molecule has 0 bridgehead atoms. The van der Waals surface area contributed by atoms with E-state index in [2.05, 4.69) is 6.92 Å². The van der Waals surface area contributed by atoms with Gasteiger partial charge in [0.05, 0.1) is 6.54 Å². The van der Waals surface area contributed by atoms with Crippen LogP contribution < -0.4 is 11.5 Å². The summed E-state index contributed by atoms with van der Waals surface area (Å²) >= 11 is 0. The molecule has 0 aromatic rings. The number of carbonyl (C=O) groups excluding carboxylic acids is 1. The van der Waals surface area contributed by atoms with Gasteiger partial charge >= 0.3 is 0 Å². The fourth-order valence-electron chi connectivity index (χ4n) is 1.45. The number of nitrogens with two attached hydrogens (primary N) is 2. The van der Waals surface area contributed by atoms with E-state index in [1.165, 1.54) is 0 Å². The second-order valence-corrected chi connectivity index (χ2v) is 3.47. The van der Waals surface area contributed by atoms with Crippen molar-refractivity contribution in [3.63, 3.8) is 0 Å². The minimum absolute atomic E-state index is 0.0114. The summed E-state index contributed by atoms with van der Waals surface area (Å²) in [6.45, 7) is 3.69. The lowest BCUT2D eigenvalue weighted by molar-refractivity contribution is -0.131. The highest BCUT2D eigenvalue weighted by atomic mass is 16.2. The van der Waals surface area contributed by atoms with E-state index in [1.807, 2.05) is 0 Å². The summed E-state index contributed by atoms with van der Waals surface area (Å²) in [5.74, 6) is 0.532. The van der Waals surface area contributed by atoms with Crippen LogP contribution in [0.2, 0.25) is 0 Å². The Balaban J connectivity index is 2.45. The van der Waals surface area contributed by atoms with Crippen molar-refractivity contribution in [1.82, 2.24) is 4.90 Å². The van der Waals surface area contributed by atoms with E-state index in [1.54, 1.807) is 4.90 Å². The molecule has 0 spiro atoms. The molecule has 0 saturated carbocycles. The Morgan fingerprint density at radius 3 is 2.83 bits per heavy atom. The standard InChI is InChI=1S/C8H17N3O/c1-6-2-3-11(5-7(6)10)8(12)4-9/h6-7H,2-5,9-10H2,1H3/t6-,7+/m1/s1. The largest absolute Gasteiger partial charge is 0.340 e. The number of hydrogen-bond donors (Lipinski definition) is 2. The van der Waals surface area contributed by atoms with E-state index >= 15 is 0 Å². The molecule has 4 heteroatoms. The van der Waals surface area contributed by atoms with Crippen LogP contribution in [0.4, 0.5) is 0 Å². The van der Waals surface area contributed by atoms with Crippen LogP contribution >= 0.6 is 0 Å². The highest BCUT2D eigenvalue weighted by Gasteiger charge is 2.25. The molecule has 2 atom stereocenters. The number of nitrogens with zero attached hydrogens (tertiary/aromatic N) is 1. The fourth-order valence-corrected chi connectivity index (χ4v) is 1.45. The van der Waals surface area contributed by atoms with Crippen LogP contribution in [-0.4, -0.2) is 36.5 Å². The van der Waals surface area contributed by atoms with Gasteiger partial charge in [0.1, 0.15) is 0 Å². The minimum atomic E-state index is 0.0114. The van der Waals surface area contributed by atoms with Crippen LogP contribution in [0.1, 0.15) is 13.3 Å². The first-order chi connectivity index (χ1) is 5.65. The summed E-state index contributed by atoms with van der Waals surface area (Å²) in [7, 11) is 0. The number of amides is 1. The zero-order valence-electron chi connectivity index (χ0n) is 7.49. The Morgan fingerprint density at radius 2 is 2.33 bits per heavy atom. The maximum Gasteiger partial charge on any atom is 0.236 e. The maximum absolute atomic E-state index is 11.2. The third-order valence-corrected chi connectivity index (χ3v) is 2.54. The van der Waals surface area contributed by atoms with Crippen LogP contribution in [0, 0.1) is 5.92 Å². The quantitative estimate of drug-likeness (QED) is 0.539. The van der Waals surface area contributed by atoms with Gasteiger partial charge < -0.3 is 16.4 Å². The zero-order valence-corrected chi connectivity index (χ0v) is 7.49. The summed E-state index contributed by atoms with van der Waals surface area (Å²) in [5, 5.41) is 0. The molecule has 1 saturated heterocycles. The summed E-state index contributed by atoms with van der Waals surface area (Å²) in [5.41, 5.74) is 11.1. The van der Waals surface area contributed by atoms with Crippen molar-refractivity contribution in [2.45, 2.75) is 19.4 Å². The van der Waals surface area contributed by atoms with Gasteiger partial charge in [0.25, 0.3) is 0 Å². The SMILES string of the molecule is C[C@@H]1CCN(C(=O)CN)C[C@@H]1N. The molecule has 1 amide bonds. The van der Waals surface area contributed by atoms with Gasteiger partial charge in [0.2, 0.25) is 5.91 Å². The highest BCUT2D eigenvalue weighted by molar-refractivity contribution is 5.78. The van der Waals surface area contributed by atoms with Crippen molar-refractivity contribution in [3.05, 3.63) is 0 Å². The molecule has 1 aliphatic heterocycles. The van der Waals surface area contributed by atoms with E-state index in [4.69, 9.17) is 11.5 Å². The van der Waals surface area contributed by atoms with Gasteiger partial charge in [-0.25, -0.2) is 0 Å². The first-order valence-corrected chi connectivity index (χ1v) is 4.38. The molecule has 0 aromatic heterocycles. The monoisotopic (exact) mass is 171 g/mol. The number of carbonyl (C=O) groups is 1. The zero-order chi connectivity index (χ0) is 9.14. The predicted molar refractivity (Wildman–Crippen MR) is 47.4 cm³/mol. The Bertz CT molecular complexity index is 172. The molecular formula is C8H17N3O. The third kappa shape index (κ3) is 1.95.